The predicted octanol–water partition coefficient (Wildman–Crippen LogP) is 2.68. The first-order chi connectivity index (χ1) is 7.15. The summed E-state index contributed by atoms with van der Waals surface area (Å²) >= 11 is 3.54. The fraction of sp³-hybridized carbons (Fsp3) is 0.364. The summed E-state index contributed by atoms with van der Waals surface area (Å²) in [6, 6.07) is 6.07. The molecule has 3 nitrogen and oxygen atoms in total. The first-order valence-corrected chi connectivity index (χ1v) is 5.80. The molecule has 2 rings (SSSR count). The van der Waals surface area contributed by atoms with Gasteiger partial charge in [0.05, 0.1) is 15.8 Å². The highest BCUT2D eigenvalue weighted by Gasteiger charge is 2.13. The summed E-state index contributed by atoms with van der Waals surface area (Å²) in [6.45, 7) is 4.75. The van der Waals surface area contributed by atoms with E-state index in [1.165, 1.54) is 0 Å². The molecule has 2 aromatic heterocycles. The molecule has 2 heterocycles. The van der Waals surface area contributed by atoms with Crippen molar-refractivity contribution < 1.29 is 0 Å². The largest absolute Gasteiger partial charge is 0.325 e. The van der Waals surface area contributed by atoms with Crippen LogP contribution >= 0.6 is 15.9 Å². The number of pyridine rings is 1. The highest BCUT2D eigenvalue weighted by atomic mass is 79.9. The third-order valence-electron chi connectivity index (χ3n) is 2.43. The molecule has 0 aliphatic heterocycles. The molecule has 0 atom stereocenters. The Bertz CT molecular complexity index is 488. The van der Waals surface area contributed by atoms with Crippen LogP contribution in [0.1, 0.15) is 31.3 Å². The van der Waals surface area contributed by atoms with Gasteiger partial charge in [-0.3, -0.25) is 4.40 Å². The smallest absolute Gasteiger partial charge is 0.117 e. The van der Waals surface area contributed by atoms with Gasteiger partial charge in [-0.1, -0.05) is 19.9 Å². The number of fused-ring (bicyclic) bond motifs is 1. The third-order valence-corrected chi connectivity index (χ3v) is 3.05. The Morgan fingerprint density at radius 3 is 2.80 bits per heavy atom. The van der Waals surface area contributed by atoms with Gasteiger partial charge in [-0.15, -0.1) is 0 Å². The molecule has 80 valence electrons. The lowest BCUT2D eigenvalue weighted by Gasteiger charge is -2.05. The summed E-state index contributed by atoms with van der Waals surface area (Å²) in [4.78, 5) is 4.58. The topological polar surface area (TPSA) is 43.3 Å². The van der Waals surface area contributed by atoms with E-state index in [1.807, 2.05) is 18.2 Å². The van der Waals surface area contributed by atoms with Crippen LogP contribution < -0.4 is 5.73 Å². The van der Waals surface area contributed by atoms with Gasteiger partial charge in [0.15, 0.2) is 0 Å². The van der Waals surface area contributed by atoms with Crippen LogP contribution in [0, 0.1) is 0 Å². The van der Waals surface area contributed by atoms with E-state index in [1.54, 1.807) is 0 Å². The Labute approximate surface area is 97.4 Å². The van der Waals surface area contributed by atoms with Crippen molar-refractivity contribution in [1.82, 2.24) is 9.38 Å². The molecule has 0 amide bonds. The van der Waals surface area contributed by atoms with Crippen LogP contribution in [0.15, 0.2) is 22.8 Å². The zero-order valence-electron chi connectivity index (χ0n) is 8.87. The van der Waals surface area contributed by atoms with E-state index >= 15 is 0 Å². The van der Waals surface area contributed by atoms with Gasteiger partial charge in [-0.25, -0.2) is 4.98 Å². The molecule has 0 unspecified atom stereocenters. The second-order valence-corrected chi connectivity index (χ2v) is 4.66. The number of rotatable bonds is 2. The highest BCUT2D eigenvalue weighted by Crippen LogP contribution is 2.23. The van der Waals surface area contributed by atoms with E-state index < -0.39 is 0 Å². The molecule has 0 fully saturated rings. The maximum atomic E-state index is 5.69. The lowest BCUT2D eigenvalue weighted by atomic mass is 10.2. The fourth-order valence-corrected chi connectivity index (χ4v) is 2.25. The summed E-state index contributed by atoms with van der Waals surface area (Å²) in [7, 11) is 0. The Balaban J connectivity index is 2.82. The lowest BCUT2D eigenvalue weighted by molar-refractivity contribution is 0.760. The quantitative estimate of drug-likeness (QED) is 0.851. The van der Waals surface area contributed by atoms with Crippen molar-refractivity contribution in [3.05, 3.63) is 34.3 Å². The maximum absolute atomic E-state index is 5.69. The minimum absolute atomic E-state index is 0.386. The van der Waals surface area contributed by atoms with E-state index in [0.717, 1.165) is 21.6 Å². The van der Waals surface area contributed by atoms with Crippen molar-refractivity contribution >= 4 is 21.4 Å². The monoisotopic (exact) mass is 267 g/mol. The Hall–Kier alpha value is -0.870. The van der Waals surface area contributed by atoms with E-state index in [4.69, 9.17) is 5.73 Å². The molecule has 0 aromatic carbocycles. The molecule has 2 N–H and O–H groups in total. The predicted molar refractivity (Wildman–Crippen MR) is 64.9 cm³/mol. The number of nitrogens with zero attached hydrogens (tertiary/aromatic N) is 2. The molecule has 15 heavy (non-hydrogen) atoms. The fourth-order valence-electron chi connectivity index (χ4n) is 1.72. The third kappa shape index (κ3) is 1.68. The minimum atomic E-state index is 0.386. The molecule has 0 saturated heterocycles. The SMILES string of the molecule is CC(C)c1nc(CN)c2cccc(Br)n12. The average molecular weight is 268 g/mol. The summed E-state index contributed by atoms with van der Waals surface area (Å²) in [6.07, 6.45) is 0. The minimum Gasteiger partial charge on any atom is -0.325 e. The number of nitrogens with two attached hydrogens (primary N) is 1. The zero-order valence-corrected chi connectivity index (χ0v) is 10.5. The summed E-state index contributed by atoms with van der Waals surface area (Å²) in [5.74, 6) is 1.44. The highest BCUT2D eigenvalue weighted by molar-refractivity contribution is 9.10. The van der Waals surface area contributed by atoms with E-state index in [0.29, 0.717) is 12.5 Å². The molecule has 0 aliphatic carbocycles. The van der Waals surface area contributed by atoms with Crippen molar-refractivity contribution in [3.8, 4) is 0 Å². The van der Waals surface area contributed by atoms with Crippen LogP contribution in [-0.2, 0) is 6.54 Å². The van der Waals surface area contributed by atoms with Gasteiger partial charge < -0.3 is 5.73 Å². The Morgan fingerprint density at radius 1 is 1.47 bits per heavy atom. The normalized spacial score (nSPS) is 11.5. The number of imidazole rings is 1. The van der Waals surface area contributed by atoms with Gasteiger partial charge in [0.2, 0.25) is 0 Å². The zero-order chi connectivity index (χ0) is 11.0. The van der Waals surface area contributed by atoms with E-state index in [9.17, 15) is 0 Å². The van der Waals surface area contributed by atoms with Gasteiger partial charge in [0.1, 0.15) is 5.82 Å². The van der Waals surface area contributed by atoms with E-state index in [2.05, 4.69) is 39.2 Å². The lowest BCUT2D eigenvalue weighted by Crippen LogP contribution is -1.98. The van der Waals surface area contributed by atoms with Crippen LogP contribution in [-0.4, -0.2) is 9.38 Å². The van der Waals surface area contributed by atoms with Crippen molar-refractivity contribution in [1.29, 1.82) is 0 Å². The summed E-state index contributed by atoms with van der Waals surface area (Å²) < 4.78 is 3.14. The maximum Gasteiger partial charge on any atom is 0.117 e. The number of aromatic nitrogens is 2. The molecule has 0 radical (unpaired) electrons. The number of halogens is 1. The van der Waals surface area contributed by atoms with Gasteiger partial charge in [-0.2, -0.15) is 0 Å². The molecule has 0 spiro atoms. The van der Waals surface area contributed by atoms with Crippen molar-refractivity contribution in [2.75, 3.05) is 0 Å². The van der Waals surface area contributed by atoms with Crippen LogP contribution in [0.25, 0.3) is 5.52 Å². The average Bonchev–Trinajstić information content (AvgIpc) is 2.58. The summed E-state index contributed by atoms with van der Waals surface area (Å²) in [5, 5.41) is 0. The van der Waals surface area contributed by atoms with Gasteiger partial charge >= 0.3 is 0 Å². The van der Waals surface area contributed by atoms with Gasteiger partial charge in [0.25, 0.3) is 0 Å². The molecule has 2 aromatic rings. The van der Waals surface area contributed by atoms with Crippen molar-refractivity contribution in [2.24, 2.45) is 5.73 Å². The van der Waals surface area contributed by atoms with Crippen molar-refractivity contribution in [2.45, 2.75) is 26.3 Å². The van der Waals surface area contributed by atoms with Crippen molar-refractivity contribution in [3.63, 3.8) is 0 Å². The van der Waals surface area contributed by atoms with E-state index in [-0.39, 0.29) is 0 Å². The first-order valence-electron chi connectivity index (χ1n) is 5.01. The number of hydrogen-bond acceptors (Lipinski definition) is 2. The van der Waals surface area contributed by atoms with Crippen LogP contribution in [0.3, 0.4) is 0 Å². The molecule has 0 saturated carbocycles. The molecule has 0 aliphatic rings. The Kier molecular flexibility index (Phi) is 2.80. The molecule has 4 heteroatoms. The van der Waals surface area contributed by atoms with Crippen LogP contribution in [0.5, 0.6) is 0 Å². The number of hydrogen-bond donors (Lipinski definition) is 1. The second kappa shape index (κ2) is 3.94. The molecular weight excluding hydrogens is 254 g/mol. The first kappa shape index (κ1) is 10.6. The Morgan fingerprint density at radius 2 is 2.20 bits per heavy atom. The molecular formula is C11H14BrN3. The second-order valence-electron chi connectivity index (χ2n) is 3.84. The standard InChI is InChI=1S/C11H14BrN3/c1-7(2)11-14-8(6-13)9-4-3-5-10(12)15(9)11/h3-5,7H,6,13H2,1-2H3. The summed E-state index contributed by atoms with van der Waals surface area (Å²) in [5.41, 5.74) is 7.74. The van der Waals surface area contributed by atoms with Gasteiger partial charge in [-0.05, 0) is 28.1 Å². The van der Waals surface area contributed by atoms with Crippen LogP contribution in [0.4, 0.5) is 0 Å². The van der Waals surface area contributed by atoms with Crippen LogP contribution in [0.2, 0.25) is 0 Å². The van der Waals surface area contributed by atoms with Gasteiger partial charge in [0, 0.05) is 12.5 Å². The molecule has 0 bridgehead atoms.